The second-order valence-electron chi connectivity index (χ2n) is 8.64. The zero-order valence-electron chi connectivity index (χ0n) is 17.4. The number of carbonyl (C=O) groups is 1. The first-order chi connectivity index (χ1) is 15.2. The number of anilines is 1. The number of aromatic nitrogens is 3. The van der Waals surface area contributed by atoms with Gasteiger partial charge in [-0.25, -0.2) is 9.97 Å². The highest BCUT2D eigenvalue weighted by Crippen LogP contribution is 2.41. The molecule has 2 aromatic heterocycles. The molecule has 160 valence electrons. The summed E-state index contributed by atoms with van der Waals surface area (Å²) >= 11 is 0. The molecule has 3 aromatic rings. The number of ether oxygens (including phenoxy) is 2. The molecule has 0 spiro atoms. The van der Waals surface area contributed by atoms with Crippen molar-refractivity contribution in [1.82, 2.24) is 19.9 Å². The first-order valence-corrected chi connectivity index (χ1v) is 11.0. The maximum atomic E-state index is 11.7. The van der Waals surface area contributed by atoms with Gasteiger partial charge in [0.1, 0.15) is 24.0 Å². The number of imidazole rings is 1. The van der Waals surface area contributed by atoms with E-state index in [2.05, 4.69) is 26.3 Å². The summed E-state index contributed by atoms with van der Waals surface area (Å²) in [7, 11) is 0. The molecule has 31 heavy (non-hydrogen) atoms. The third-order valence-electron chi connectivity index (χ3n) is 6.38. The Morgan fingerprint density at radius 2 is 2.16 bits per heavy atom. The molecule has 2 N–H and O–H groups in total. The van der Waals surface area contributed by atoms with E-state index in [1.165, 1.54) is 0 Å². The van der Waals surface area contributed by atoms with Gasteiger partial charge in [-0.2, -0.15) is 0 Å². The van der Waals surface area contributed by atoms with Crippen LogP contribution in [0.2, 0.25) is 0 Å². The van der Waals surface area contributed by atoms with Crippen molar-refractivity contribution >= 4 is 22.6 Å². The number of fused-ring (bicyclic) bond motifs is 2. The molecule has 0 unspecified atom stereocenters. The van der Waals surface area contributed by atoms with Crippen LogP contribution in [0.15, 0.2) is 30.6 Å². The van der Waals surface area contributed by atoms with Crippen LogP contribution in [0.3, 0.4) is 0 Å². The Labute approximate surface area is 180 Å². The topological polar surface area (TPSA) is 90.3 Å². The number of pyridine rings is 1. The minimum Gasteiger partial charge on any atom is -0.490 e. The van der Waals surface area contributed by atoms with Gasteiger partial charge in [0.25, 0.3) is 0 Å². The lowest BCUT2D eigenvalue weighted by molar-refractivity contribution is -0.119. The third-order valence-corrected chi connectivity index (χ3v) is 6.38. The quantitative estimate of drug-likeness (QED) is 0.660. The van der Waals surface area contributed by atoms with E-state index < -0.39 is 0 Å². The maximum absolute atomic E-state index is 11.7. The Hall–Kier alpha value is -3.29. The Bertz CT molecular complexity index is 1170. The number of rotatable bonds is 5. The lowest BCUT2D eigenvalue weighted by Gasteiger charge is -2.21. The number of nitrogens with zero attached hydrogens (tertiary/aromatic N) is 3. The predicted octanol–water partition coefficient (Wildman–Crippen LogP) is 3.14. The van der Waals surface area contributed by atoms with Gasteiger partial charge >= 0.3 is 0 Å². The standard InChI is InChI=1S/C23H25N5O3/c1-13(15-9-21(29)25-11-15)31-23-22-19(26-12-28(22)16-3-4-16)10-17(27-23)14-2-5-20-18(8-14)24-6-7-30-20/h2,5,8,10,12-13,15-16,24H,3-4,6-7,9,11H2,1H3,(H,25,29)/t13-,15-/m1/s1. The number of carbonyl (C=O) groups excluding carboxylic acids is 1. The number of hydrogen-bond acceptors (Lipinski definition) is 6. The monoisotopic (exact) mass is 419 g/mol. The van der Waals surface area contributed by atoms with Crippen molar-refractivity contribution < 1.29 is 14.3 Å². The molecule has 2 fully saturated rings. The molecule has 0 bridgehead atoms. The first kappa shape index (κ1) is 18.5. The van der Waals surface area contributed by atoms with Gasteiger partial charge in [-0.3, -0.25) is 4.79 Å². The van der Waals surface area contributed by atoms with Crippen molar-refractivity contribution in [3.63, 3.8) is 0 Å². The van der Waals surface area contributed by atoms with Crippen LogP contribution in [0.25, 0.3) is 22.3 Å². The Kier molecular flexibility index (Phi) is 4.26. The van der Waals surface area contributed by atoms with E-state index >= 15 is 0 Å². The van der Waals surface area contributed by atoms with Gasteiger partial charge in [0, 0.05) is 37.0 Å². The average molecular weight is 419 g/mol. The van der Waals surface area contributed by atoms with Gasteiger partial charge in [0.15, 0.2) is 0 Å². The minimum absolute atomic E-state index is 0.0825. The zero-order chi connectivity index (χ0) is 20.9. The lowest BCUT2D eigenvalue weighted by atomic mass is 10.0. The smallest absolute Gasteiger partial charge is 0.241 e. The van der Waals surface area contributed by atoms with Crippen LogP contribution in [0.5, 0.6) is 11.6 Å². The average Bonchev–Trinajstić information content (AvgIpc) is 3.39. The second kappa shape index (κ2) is 7.14. The van der Waals surface area contributed by atoms with E-state index in [0.717, 1.165) is 53.1 Å². The van der Waals surface area contributed by atoms with Gasteiger partial charge in [-0.05, 0) is 44.0 Å². The fourth-order valence-electron chi connectivity index (χ4n) is 4.42. The fourth-order valence-corrected chi connectivity index (χ4v) is 4.42. The summed E-state index contributed by atoms with van der Waals surface area (Å²) in [5.74, 6) is 1.66. The van der Waals surface area contributed by atoms with Crippen molar-refractivity contribution in [2.24, 2.45) is 5.92 Å². The van der Waals surface area contributed by atoms with Gasteiger partial charge in [0.2, 0.25) is 11.8 Å². The molecule has 6 rings (SSSR count). The molecule has 1 saturated heterocycles. The van der Waals surface area contributed by atoms with Crippen molar-refractivity contribution in [2.45, 2.75) is 38.3 Å². The third kappa shape index (κ3) is 3.36. The molecule has 4 heterocycles. The van der Waals surface area contributed by atoms with Crippen LogP contribution in [0, 0.1) is 5.92 Å². The molecular formula is C23H25N5O3. The fraction of sp³-hybridized carbons (Fsp3) is 0.435. The molecule has 1 saturated carbocycles. The highest BCUT2D eigenvalue weighted by Gasteiger charge is 2.31. The van der Waals surface area contributed by atoms with Crippen molar-refractivity contribution in [3.05, 3.63) is 30.6 Å². The highest BCUT2D eigenvalue weighted by atomic mass is 16.5. The molecule has 8 heteroatoms. The van der Waals surface area contributed by atoms with E-state index in [1.807, 2.05) is 31.5 Å². The molecular weight excluding hydrogens is 394 g/mol. The molecule has 1 aliphatic carbocycles. The molecule has 3 aliphatic rings. The van der Waals surface area contributed by atoms with E-state index in [-0.39, 0.29) is 17.9 Å². The summed E-state index contributed by atoms with van der Waals surface area (Å²) in [6, 6.07) is 8.55. The number of hydrogen-bond donors (Lipinski definition) is 2. The maximum Gasteiger partial charge on any atom is 0.241 e. The molecule has 2 aliphatic heterocycles. The SMILES string of the molecule is C[C@@H](Oc1nc(-c2ccc3c(c2)NCCO3)cc2ncn(C3CC3)c12)[C@H]1CNC(=O)C1. The summed E-state index contributed by atoms with van der Waals surface area (Å²) in [6.45, 7) is 4.11. The second-order valence-corrected chi connectivity index (χ2v) is 8.64. The minimum atomic E-state index is -0.133. The summed E-state index contributed by atoms with van der Waals surface area (Å²) in [5, 5.41) is 6.28. The lowest BCUT2D eigenvalue weighted by Crippen LogP contribution is -2.26. The van der Waals surface area contributed by atoms with Crippen LogP contribution < -0.4 is 20.1 Å². The number of benzene rings is 1. The van der Waals surface area contributed by atoms with E-state index in [9.17, 15) is 4.79 Å². The predicted molar refractivity (Wildman–Crippen MR) is 116 cm³/mol. The van der Waals surface area contributed by atoms with Crippen LogP contribution in [0.4, 0.5) is 5.69 Å². The Morgan fingerprint density at radius 1 is 1.26 bits per heavy atom. The van der Waals surface area contributed by atoms with Crippen LogP contribution in [-0.4, -0.2) is 46.2 Å². The van der Waals surface area contributed by atoms with Gasteiger partial charge < -0.3 is 24.7 Å². The van der Waals surface area contributed by atoms with Gasteiger partial charge in [-0.1, -0.05) is 0 Å². The van der Waals surface area contributed by atoms with E-state index in [1.54, 1.807) is 0 Å². The summed E-state index contributed by atoms with van der Waals surface area (Å²) in [4.78, 5) is 21.3. The van der Waals surface area contributed by atoms with Crippen LogP contribution in [-0.2, 0) is 4.79 Å². The zero-order valence-corrected chi connectivity index (χ0v) is 17.4. The molecule has 8 nitrogen and oxygen atoms in total. The highest BCUT2D eigenvalue weighted by molar-refractivity contribution is 5.85. The molecule has 1 amide bonds. The van der Waals surface area contributed by atoms with Gasteiger partial charge in [0.05, 0.1) is 23.2 Å². The summed E-state index contributed by atoms with van der Waals surface area (Å²) in [6.07, 6.45) is 4.56. The van der Waals surface area contributed by atoms with Crippen molar-refractivity contribution in [3.8, 4) is 22.9 Å². The van der Waals surface area contributed by atoms with Crippen molar-refractivity contribution in [2.75, 3.05) is 25.0 Å². The van der Waals surface area contributed by atoms with Gasteiger partial charge in [-0.15, -0.1) is 0 Å². The first-order valence-electron chi connectivity index (χ1n) is 11.0. The number of amides is 1. The van der Waals surface area contributed by atoms with Crippen LogP contribution in [0.1, 0.15) is 32.2 Å². The molecule has 2 atom stereocenters. The van der Waals surface area contributed by atoms with Crippen LogP contribution >= 0.6 is 0 Å². The largest absolute Gasteiger partial charge is 0.490 e. The molecule has 1 aromatic carbocycles. The van der Waals surface area contributed by atoms with Crippen molar-refractivity contribution in [1.29, 1.82) is 0 Å². The Balaban J connectivity index is 1.41. The number of nitrogens with one attached hydrogen (secondary N) is 2. The summed E-state index contributed by atoms with van der Waals surface area (Å²) in [5.41, 5.74) is 4.58. The Morgan fingerprint density at radius 3 is 2.97 bits per heavy atom. The molecule has 0 radical (unpaired) electrons. The van der Waals surface area contributed by atoms with E-state index in [0.29, 0.717) is 31.5 Å². The summed E-state index contributed by atoms with van der Waals surface area (Å²) < 4.78 is 14.3. The van der Waals surface area contributed by atoms with E-state index in [4.69, 9.17) is 14.5 Å². The normalized spacial score (nSPS) is 21.2.